The molecule has 2 aliphatic heterocycles. The molecule has 1 amide bonds. The Morgan fingerprint density at radius 1 is 1.20 bits per heavy atom. The van der Waals surface area contributed by atoms with Crippen LogP contribution in [-0.2, 0) is 9.53 Å². The predicted octanol–water partition coefficient (Wildman–Crippen LogP) is 1.81. The maximum absolute atomic E-state index is 12.6. The van der Waals surface area contributed by atoms with E-state index >= 15 is 0 Å². The van der Waals surface area contributed by atoms with Gasteiger partial charge in [-0.05, 0) is 30.5 Å². The van der Waals surface area contributed by atoms with E-state index in [2.05, 4.69) is 4.90 Å². The van der Waals surface area contributed by atoms with Crippen molar-refractivity contribution in [2.45, 2.75) is 25.2 Å². The van der Waals surface area contributed by atoms with Gasteiger partial charge in [0, 0.05) is 45.1 Å². The Morgan fingerprint density at radius 2 is 2.00 bits per heavy atom. The number of carbonyl (C=O) groups is 2. The summed E-state index contributed by atoms with van der Waals surface area (Å²) >= 11 is 0. The lowest BCUT2D eigenvalue weighted by Crippen LogP contribution is -2.42. The summed E-state index contributed by atoms with van der Waals surface area (Å²) in [5, 5.41) is 9.16. The van der Waals surface area contributed by atoms with Crippen LogP contribution in [0.5, 0.6) is 0 Å². The van der Waals surface area contributed by atoms with E-state index in [1.807, 2.05) is 11.0 Å². The van der Waals surface area contributed by atoms with Crippen molar-refractivity contribution in [2.75, 3.05) is 45.9 Å². The van der Waals surface area contributed by atoms with E-state index < -0.39 is 5.97 Å². The first-order valence-corrected chi connectivity index (χ1v) is 9.04. The van der Waals surface area contributed by atoms with E-state index in [4.69, 9.17) is 9.84 Å². The van der Waals surface area contributed by atoms with Gasteiger partial charge < -0.3 is 14.7 Å². The van der Waals surface area contributed by atoms with Gasteiger partial charge in [0.1, 0.15) is 0 Å². The number of hydrogen-bond donors (Lipinski definition) is 1. The van der Waals surface area contributed by atoms with Crippen molar-refractivity contribution in [3.63, 3.8) is 0 Å². The maximum atomic E-state index is 12.6. The molecule has 0 aromatic heterocycles. The van der Waals surface area contributed by atoms with Gasteiger partial charge in [-0.25, -0.2) is 4.79 Å². The number of piperidine rings is 1. The molecule has 1 aromatic rings. The van der Waals surface area contributed by atoms with E-state index in [0.717, 1.165) is 57.8 Å². The van der Waals surface area contributed by atoms with Crippen molar-refractivity contribution >= 4 is 11.9 Å². The lowest BCUT2D eigenvalue weighted by Gasteiger charge is -2.34. The molecule has 136 valence electrons. The molecule has 6 heteroatoms. The number of carbonyl (C=O) groups excluding carboxylic acids is 1. The highest BCUT2D eigenvalue weighted by Gasteiger charge is 2.25. The van der Waals surface area contributed by atoms with Gasteiger partial charge in [-0.3, -0.25) is 9.69 Å². The van der Waals surface area contributed by atoms with Crippen LogP contribution in [-0.4, -0.2) is 72.7 Å². The first kappa shape index (κ1) is 17.9. The van der Waals surface area contributed by atoms with E-state index in [1.165, 1.54) is 0 Å². The molecule has 1 N–H and O–H groups in total. The first-order chi connectivity index (χ1) is 12.1. The molecule has 3 rings (SSSR count). The molecule has 2 heterocycles. The van der Waals surface area contributed by atoms with Crippen LogP contribution >= 0.6 is 0 Å². The number of carboxylic acids is 1. The molecule has 0 saturated carbocycles. The van der Waals surface area contributed by atoms with Gasteiger partial charge in [-0.2, -0.15) is 0 Å². The molecule has 0 unspecified atom stereocenters. The second-order valence-electron chi connectivity index (χ2n) is 6.81. The normalized spacial score (nSPS) is 21.9. The average Bonchev–Trinajstić information content (AvgIpc) is 2.67. The van der Waals surface area contributed by atoms with Crippen LogP contribution in [0.25, 0.3) is 0 Å². The quantitative estimate of drug-likeness (QED) is 0.881. The summed E-state index contributed by atoms with van der Waals surface area (Å²) in [5.41, 5.74) is 1.33. The topological polar surface area (TPSA) is 70.1 Å². The highest BCUT2D eigenvalue weighted by atomic mass is 16.5. The lowest BCUT2D eigenvalue weighted by molar-refractivity contribution is -0.133. The molecule has 1 aromatic carbocycles. The molecule has 6 nitrogen and oxygen atoms in total. The number of rotatable bonds is 5. The fraction of sp³-hybridized carbons (Fsp3) is 0.579. The Labute approximate surface area is 148 Å². The van der Waals surface area contributed by atoms with Gasteiger partial charge in [0.05, 0.1) is 18.8 Å². The third-order valence-electron chi connectivity index (χ3n) is 5.12. The third-order valence-corrected chi connectivity index (χ3v) is 5.12. The molecule has 1 atom stereocenters. The van der Waals surface area contributed by atoms with E-state index in [-0.39, 0.29) is 11.8 Å². The van der Waals surface area contributed by atoms with Crippen LogP contribution in [0.4, 0.5) is 0 Å². The van der Waals surface area contributed by atoms with Gasteiger partial charge >= 0.3 is 5.97 Å². The number of benzene rings is 1. The lowest BCUT2D eigenvalue weighted by atomic mass is 9.89. The fourth-order valence-electron chi connectivity index (χ4n) is 3.64. The Hall–Kier alpha value is -1.92. The first-order valence-electron chi connectivity index (χ1n) is 9.04. The highest BCUT2D eigenvalue weighted by molar-refractivity contribution is 5.87. The maximum Gasteiger partial charge on any atom is 0.335 e. The number of hydrogen-bond acceptors (Lipinski definition) is 4. The van der Waals surface area contributed by atoms with E-state index in [0.29, 0.717) is 18.5 Å². The van der Waals surface area contributed by atoms with Crippen molar-refractivity contribution in [3.05, 3.63) is 35.4 Å². The molecule has 2 aliphatic rings. The summed E-state index contributed by atoms with van der Waals surface area (Å²) in [7, 11) is 0. The standard InChI is InChI=1S/C19H26N2O4/c22-18(6-8-20-9-11-25-12-10-20)21-7-2-5-17(14-21)15-3-1-4-16(13-15)19(23)24/h1,3-4,13,17H,2,5-12,14H2,(H,23,24)/t17-/m1/s1. The van der Waals surface area contributed by atoms with Gasteiger partial charge in [-0.15, -0.1) is 0 Å². The summed E-state index contributed by atoms with van der Waals surface area (Å²) in [6, 6.07) is 7.12. The Morgan fingerprint density at radius 3 is 2.76 bits per heavy atom. The molecule has 0 radical (unpaired) electrons. The van der Waals surface area contributed by atoms with Crippen LogP contribution in [0.1, 0.15) is 41.1 Å². The van der Waals surface area contributed by atoms with Crippen LogP contribution in [0.3, 0.4) is 0 Å². The number of carboxylic acid groups (broad SMARTS) is 1. The van der Waals surface area contributed by atoms with Crippen molar-refractivity contribution < 1.29 is 19.4 Å². The van der Waals surface area contributed by atoms with Crippen LogP contribution in [0.15, 0.2) is 24.3 Å². The van der Waals surface area contributed by atoms with Crippen molar-refractivity contribution in [1.29, 1.82) is 0 Å². The zero-order valence-corrected chi connectivity index (χ0v) is 14.5. The zero-order chi connectivity index (χ0) is 17.6. The summed E-state index contributed by atoms with van der Waals surface area (Å²) in [5.74, 6) is -0.484. The number of likely N-dealkylation sites (tertiary alicyclic amines) is 1. The molecule has 2 fully saturated rings. The van der Waals surface area contributed by atoms with E-state index in [1.54, 1.807) is 18.2 Å². The minimum Gasteiger partial charge on any atom is -0.478 e. The number of amides is 1. The minimum absolute atomic E-state index is 0.200. The largest absolute Gasteiger partial charge is 0.478 e. The van der Waals surface area contributed by atoms with Crippen molar-refractivity contribution in [1.82, 2.24) is 9.80 Å². The molecular formula is C19H26N2O4. The minimum atomic E-state index is -0.906. The molecule has 25 heavy (non-hydrogen) atoms. The highest BCUT2D eigenvalue weighted by Crippen LogP contribution is 2.28. The predicted molar refractivity (Wildman–Crippen MR) is 93.8 cm³/mol. The van der Waals surface area contributed by atoms with Crippen LogP contribution in [0.2, 0.25) is 0 Å². The average molecular weight is 346 g/mol. The summed E-state index contributed by atoms with van der Waals surface area (Å²) in [6.45, 7) is 5.58. The van der Waals surface area contributed by atoms with Gasteiger partial charge in [0.2, 0.25) is 5.91 Å². The van der Waals surface area contributed by atoms with Gasteiger partial charge in [-0.1, -0.05) is 12.1 Å². The second kappa shape index (κ2) is 8.45. The molecule has 0 bridgehead atoms. The van der Waals surface area contributed by atoms with Gasteiger partial charge in [0.15, 0.2) is 0 Å². The number of nitrogens with zero attached hydrogens (tertiary/aromatic N) is 2. The Balaban J connectivity index is 1.56. The second-order valence-corrected chi connectivity index (χ2v) is 6.81. The monoisotopic (exact) mass is 346 g/mol. The molecule has 0 spiro atoms. The van der Waals surface area contributed by atoms with Crippen molar-refractivity contribution in [2.24, 2.45) is 0 Å². The SMILES string of the molecule is O=C(O)c1cccc([C@@H]2CCCN(C(=O)CCN3CCOCC3)C2)c1. The zero-order valence-electron chi connectivity index (χ0n) is 14.5. The van der Waals surface area contributed by atoms with Crippen molar-refractivity contribution in [3.8, 4) is 0 Å². The number of aromatic carboxylic acids is 1. The molecule has 2 saturated heterocycles. The summed E-state index contributed by atoms with van der Waals surface area (Å²) in [6.07, 6.45) is 2.50. The van der Waals surface area contributed by atoms with Gasteiger partial charge in [0.25, 0.3) is 0 Å². The number of morpholine rings is 1. The Bertz CT molecular complexity index is 613. The van der Waals surface area contributed by atoms with E-state index in [9.17, 15) is 9.59 Å². The smallest absolute Gasteiger partial charge is 0.335 e. The summed E-state index contributed by atoms with van der Waals surface area (Å²) < 4.78 is 5.33. The molecule has 0 aliphatic carbocycles. The molecular weight excluding hydrogens is 320 g/mol. The fourth-order valence-corrected chi connectivity index (χ4v) is 3.64. The van der Waals surface area contributed by atoms with Crippen LogP contribution < -0.4 is 0 Å². The van der Waals surface area contributed by atoms with Crippen LogP contribution in [0, 0.1) is 0 Å². The third kappa shape index (κ3) is 4.80. The summed E-state index contributed by atoms with van der Waals surface area (Å²) in [4.78, 5) is 28.0. The number of ether oxygens (including phenoxy) is 1. The Kier molecular flexibility index (Phi) is 6.04.